The molecule has 0 spiro atoms. The molecule has 0 aliphatic carbocycles. The molecule has 0 amide bonds. The fourth-order valence-electron chi connectivity index (χ4n) is 1.00. The zero-order valence-corrected chi connectivity index (χ0v) is 7.41. The first-order valence-electron chi connectivity index (χ1n) is 3.98. The van der Waals surface area contributed by atoms with E-state index in [9.17, 15) is 9.59 Å². The second-order valence-electron chi connectivity index (χ2n) is 2.74. The summed E-state index contributed by atoms with van der Waals surface area (Å²) in [6, 6.07) is 6.22. The second kappa shape index (κ2) is 4.32. The summed E-state index contributed by atoms with van der Waals surface area (Å²) in [7, 11) is 0. The molecule has 1 aromatic carbocycles. The lowest BCUT2D eigenvalue weighted by atomic mass is 10.1. The van der Waals surface area contributed by atoms with Crippen LogP contribution in [-0.4, -0.2) is 17.9 Å². The third-order valence-corrected chi connectivity index (χ3v) is 1.75. The number of amidine groups is 1. The molecular weight excluding hydrogens is 180 g/mol. The predicted octanol–water partition coefficient (Wildman–Crippen LogP) is 0.653. The standard InChI is InChI=1S/C10H9N2O2/c11-10(12)8-3-1-7(2-4-8)9(14)5-6-13/h1-4H,5H2,(H3,11,12). The largest absolute Gasteiger partial charge is 0.384 e. The van der Waals surface area contributed by atoms with Crippen LogP contribution in [0.3, 0.4) is 0 Å². The Morgan fingerprint density at radius 1 is 1.29 bits per heavy atom. The Balaban J connectivity index is 2.88. The van der Waals surface area contributed by atoms with Gasteiger partial charge in [0.05, 0.1) is 6.42 Å². The summed E-state index contributed by atoms with van der Waals surface area (Å²) in [6.45, 7) is 0. The van der Waals surface area contributed by atoms with E-state index in [0.29, 0.717) is 11.1 Å². The SMILES string of the molecule is N=C(N)c1ccc(C(=O)C[C]=O)cc1. The zero-order valence-electron chi connectivity index (χ0n) is 7.41. The van der Waals surface area contributed by atoms with E-state index in [1.165, 1.54) is 18.4 Å². The highest BCUT2D eigenvalue weighted by atomic mass is 16.1. The molecule has 1 radical (unpaired) electrons. The monoisotopic (exact) mass is 189 g/mol. The molecule has 3 N–H and O–H groups in total. The number of nitrogens with one attached hydrogen (secondary N) is 1. The molecule has 0 bridgehead atoms. The predicted molar refractivity (Wildman–Crippen MR) is 52.1 cm³/mol. The van der Waals surface area contributed by atoms with Crippen LogP contribution in [0.4, 0.5) is 0 Å². The molecule has 0 unspecified atom stereocenters. The second-order valence-corrected chi connectivity index (χ2v) is 2.74. The van der Waals surface area contributed by atoms with Gasteiger partial charge < -0.3 is 5.73 Å². The molecule has 0 aliphatic rings. The van der Waals surface area contributed by atoms with Crippen LogP contribution >= 0.6 is 0 Å². The van der Waals surface area contributed by atoms with E-state index in [1.807, 2.05) is 0 Å². The molecule has 1 rings (SSSR count). The van der Waals surface area contributed by atoms with Gasteiger partial charge in [-0.25, -0.2) is 0 Å². The van der Waals surface area contributed by atoms with Crippen molar-refractivity contribution in [3.05, 3.63) is 35.4 Å². The van der Waals surface area contributed by atoms with Gasteiger partial charge in [0.15, 0.2) is 5.78 Å². The van der Waals surface area contributed by atoms with Gasteiger partial charge in [-0.2, -0.15) is 0 Å². The Hall–Kier alpha value is -1.97. The summed E-state index contributed by atoms with van der Waals surface area (Å²) in [5.74, 6) is -0.332. The number of nitrogens with two attached hydrogens (primary N) is 1. The molecule has 0 aliphatic heterocycles. The van der Waals surface area contributed by atoms with Gasteiger partial charge in [-0.15, -0.1) is 0 Å². The van der Waals surface area contributed by atoms with Crippen molar-refractivity contribution in [2.45, 2.75) is 6.42 Å². The smallest absolute Gasteiger partial charge is 0.206 e. The molecule has 1 aromatic rings. The first-order valence-corrected chi connectivity index (χ1v) is 3.98. The van der Waals surface area contributed by atoms with Gasteiger partial charge in [-0.05, 0) is 0 Å². The van der Waals surface area contributed by atoms with E-state index in [-0.39, 0.29) is 18.0 Å². The Bertz CT molecular complexity index is 368. The normalized spacial score (nSPS) is 9.43. The first-order chi connectivity index (χ1) is 6.65. The fraction of sp³-hybridized carbons (Fsp3) is 0.100. The van der Waals surface area contributed by atoms with E-state index in [0.717, 1.165) is 0 Å². The van der Waals surface area contributed by atoms with Crippen LogP contribution in [0, 0.1) is 5.41 Å². The third-order valence-electron chi connectivity index (χ3n) is 1.75. The van der Waals surface area contributed by atoms with Crippen LogP contribution in [0.1, 0.15) is 22.3 Å². The van der Waals surface area contributed by atoms with E-state index >= 15 is 0 Å². The Morgan fingerprint density at radius 2 is 1.79 bits per heavy atom. The molecule has 0 saturated heterocycles. The van der Waals surface area contributed by atoms with Crippen molar-refractivity contribution < 1.29 is 9.59 Å². The van der Waals surface area contributed by atoms with E-state index in [1.54, 1.807) is 12.1 Å². The van der Waals surface area contributed by atoms with Crippen molar-refractivity contribution in [3.8, 4) is 0 Å². The average molecular weight is 189 g/mol. The van der Waals surface area contributed by atoms with Crippen LogP contribution in [0.25, 0.3) is 0 Å². The van der Waals surface area contributed by atoms with Crippen LogP contribution in [0.5, 0.6) is 0 Å². The molecule has 0 saturated carbocycles. The molecule has 0 fully saturated rings. The van der Waals surface area contributed by atoms with Gasteiger partial charge in [0.25, 0.3) is 0 Å². The molecular formula is C10H9N2O2. The van der Waals surface area contributed by atoms with Crippen molar-refractivity contribution in [2.24, 2.45) is 5.73 Å². The molecule has 4 nitrogen and oxygen atoms in total. The fourth-order valence-corrected chi connectivity index (χ4v) is 1.00. The molecule has 71 valence electrons. The van der Waals surface area contributed by atoms with Crippen molar-refractivity contribution in [1.29, 1.82) is 5.41 Å². The van der Waals surface area contributed by atoms with E-state index in [4.69, 9.17) is 11.1 Å². The number of benzene rings is 1. The van der Waals surface area contributed by atoms with Gasteiger partial charge in [0, 0.05) is 11.1 Å². The minimum Gasteiger partial charge on any atom is -0.384 e. The Labute approximate surface area is 81.2 Å². The topological polar surface area (TPSA) is 84.0 Å². The Morgan fingerprint density at radius 3 is 2.21 bits per heavy atom. The maximum Gasteiger partial charge on any atom is 0.206 e. The Kier molecular flexibility index (Phi) is 3.12. The highest BCUT2D eigenvalue weighted by Crippen LogP contribution is 2.05. The van der Waals surface area contributed by atoms with Crippen molar-refractivity contribution in [1.82, 2.24) is 0 Å². The van der Waals surface area contributed by atoms with Crippen molar-refractivity contribution in [3.63, 3.8) is 0 Å². The summed E-state index contributed by atoms with van der Waals surface area (Å²) in [6.07, 6.45) is 1.30. The summed E-state index contributed by atoms with van der Waals surface area (Å²) < 4.78 is 0. The minimum absolute atomic E-state index is 0.0500. The van der Waals surface area contributed by atoms with E-state index < -0.39 is 0 Å². The maximum atomic E-state index is 11.2. The number of ketones is 1. The lowest BCUT2D eigenvalue weighted by Gasteiger charge is -1.99. The summed E-state index contributed by atoms with van der Waals surface area (Å²) >= 11 is 0. The number of hydrogen-bond donors (Lipinski definition) is 2. The van der Waals surface area contributed by atoms with Crippen molar-refractivity contribution in [2.75, 3.05) is 0 Å². The third kappa shape index (κ3) is 2.26. The highest BCUT2D eigenvalue weighted by molar-refractivity contribution is 6.03. The number of Topliss-reactive ketones (excluding diaryl/α,β-unsaturated/α-hetero) is 1. The molecule has 14 heavy (non-hydrogen) atoms. The molecule has 0 atom stereocenters. The van der Waals surface area contributed by atoms with E-state index in [2.05, 4.69) is 0 Å². The van der Waals surface area contributed by atoms with Crippen LogP contribution in [0.15, 0.2) is 24.3 Å². The number of hydrogen-bond acceptors (Lipinski definition) is 3. The van der Waals surface area contributed by atoms with Crippen LogP contribution in [-0.2, 0) is 4.79 Å². The van der Waals surface area contributed by atoms with Gasteiger partial charge in [-0.3, -0.25) is 15.0 Å². The highest BCUT2D eigenvalue weighted by Gasteiger charge is 2.05. The minimum atomic E-state index is -0.282. The quantitative estimate of drug-likeness (QED) is 0.315. The van der Waals surface area contributed by atoms with Gasteiger partial charge in [0.2, 0.25) is 6.29 Å². The molecule has 4 heteroatoms. The lowest BCUT2D eigenvalue weighted by molar-refractivity contribution is 0.1000. The maximum absolute atomic E-state index is 11.2. The molecule has 0 heterocycles. The summed E-state index contributed by atoms with van der Waals surface area (Å²) in [4.78, 5) is 21.1. The van der Waals surface area contributed by atoms with Gasteiger partial charge in [-0.1, -0.05) is 24.3 Å². The lowest BCUT2D eigenvalue weighted by Crippen LogP contribution is -2.11. The first kappa shape index (κ1) is 10.1. The van der Waals surface area contributed by atoms with Gasteiger partial charge >= 0.3 is 0 Å². The average Bonchev–Trinajstić information content (AvgIpc) is 2.18. The zero-order chi connectivity index (χ0) is 10.6. The van der Waals surface area contributed by atoms with Crippen molar-refractivity contribution >= 4 is 17.9 Å². The molecule has 0 aromatic heterocycles. The summed E-state index contributed by atoms with van der Waals surface area (Å²) in [5.41, 5.74) is 6.22. The van der Waals surface area contributed by atoms with Crippen LogP contribution in [0.2, 0.25) is 0 Å². The number of carbonyl (C=O) groups excluding carboxylic acids is 2. The number of nitrogen functional groups attached to an aromatic ring is 1. The summed E-state index contributed by atoms with van der Waals surface area (Å²) in [5, 5.41) is 7.12. The van der Waals surface area contributed by atoms with Crippen LogP contribution < -0.4 is 5.73 Å². The number of carbonyl (C=O) groups is 1. The number of rotatable bonds is 4. The van der Waals surface area contributed by atoms with Gasteiger partial charge in [0.1, 0.15) is 5.84 Å².